The summed E-state index contributed by atoms with van der Waals surface area (Å²) < 4.78 is 5.60. The van der Waals surface area contributed by atoms with E-state index in [1.54, 1.807) is 6.26 Å². The zero-order valence-corrected chi connectivity index (χ0v) is 12.4. The lowest BCUT2D eigenvalue weighted by Crippen LogP contribution is -2.23. The Hall–Kier alpha value is -2.03. The van der Waals surface area contributed by atoms with Crippen molar-refractivity contribution in [3.8, 4) is 0 Å². The molecule has 1 aliphatic carbocycles. The Balaban J connectivity index is 1.73. The van der Waals surface area contributed by atoms with E-state index in [1.807, 2.05) is 38.1 Å². The number of carbonyl (C=O) groups is 1. The van der Waals surface area contributed by atoms with Crippen LogP contribution in [0.5, 0.6) is 0 Å². The molecule has 1 aromatic carbocycles. The first-order chi connectivity index (χ1) is 9.93. The van der Waals surface area contributed by atoms with Crippen molar-refractivity contribution < 1.29 is 14.3 Å². The van der Waals surface area contributed by atoms with E-state index in [0.717, 1.165) is 24.2 Å². The second-order valence-corrected chi connectivity index (χ2v) is 6.71. The van der Waals surface area contributed by atoms with Gasteiger partial charge in [-0.05, 0) is 35.4 Å². The van der Waals surface area contributed by atoms with Gasteiger partial charge in [0.25, 0.3) is 0 Å². The molecule has 1 atom stereocenters. The van der Waals surface area contributed by atoms with Gasteiger partial charge in [-0.1, -0.05) is 44.2 Å². The number of rotatable bonds is 5. The number of aliphatic carboxylic acids is 1. The largest absolute Gasteiger partial charge is 0.481 e. The first-order valence-corrected chi connectivity index (χ1v) is 7.27. The fourth-order valence-corrected chi connectivity index (χ4v) is 3.21. The van der Waals surface area contributed by atoms with Gasteiger partial charge in [0.2, 0.25) is 0 Å². The van der Waals surface area contributed by atoms with Gasteiger partial charge in [-0.3, -0.25) is 4.79 Å². The van der Waals surface area contributed by atoms with Crippen molar-refractivity contribution >= 4 is 5.97 Å². The predicted octanol–water partition coefficient (Wildman–Crippen LogP) is 3.91. The molecule has 3 rings (SSSR count). The molecule has 3 heteroatoms. The summed E-state index contributed by atoms with van der Waals surface area (Å²) in [4.78, 5) is 11.6. The van der Waals surface area contributed by atoms with E-state index in [1.165, 1.54) is 5.56 Å². The van der Waals surface area contributed by atoms with Crippen molar-refractivity contribution in [2.75, 3.05) is 0 Å². The molecule has 3 nitrogen and oxygen atoms in total. The van der Waals surface area contributed by atoms with Gasteiger partial charge in [0.15, 0.2) is 0 Å². The summed E-state index contributed by atoms with van der Waals surface area (Å²) in [5.74, 6) is 0.188. The molecule has 1 fully saturated rings. The fraction of sp³-hybridized carbons (Fsp3) is 0.389. The first-order valence-electron chi connectivity index (χ1n) is 7.27. The minimum atomic E-state index is -0.696. The van der Waals surface area contributed by atoms with Gasteiger partial charge < -0.3 is 9.52 Å². The molecular weight excluding hydrogens is 264 g/mol. The molecule has 1 saturated carbocycles. The van der Waals surface area contributed by atoms with Crippen LogP contribution in [0, 0.1) is 10.8 Å². The molecule has 2 aromatic rings. The number of hydrogen-bond acceptors (Lipinski definition) is 2. The quantitative estimate of drug-likeness (QED) is 0.905. The summed E-state index contributed by atoms with van der Waals surface area (Å²) in [7, 11) is 0. The third-order valence-corrected chi connectivity index (χ3v) is 4.76. The van der Waals surface area contributed by atoms with E-state index in [4.69, 9.17) is 4.42 Å². The van der Waals surface area contributed by atoms with E-state index >= 15 is 0 Å². The lowest BCUT2D eigenvalue weighted by molar-refractivity contribution is -0.144. The maximum absolute atomic E-state index is 11.6. The summed E-state index contributed by atoms with van der Waals surface area (Å²) in [6.45, 7) is 4.04. The number of furan rings is 1. The summed E-state index contributed by atoms with van der Waals surface area (Å²) in [5, 5.41) is 9.51. The van der Waals surface area contributed by atoms with Gasteiger partial charge in [0, 0.05) is 6.42 Å². The highest BCUT2D eigenvalue weighted by molar-refractivity contribution is 5.80. The smallest absolute Gasteiger partial charge is 0.310 e. The van der Waals surface area contributed by atoms with Gasteiger partial charge in [0.1, 0.15) is 5.76 Å². The topological polar surface area (TPSA) is 50.4 Å². The van der Waals surface area contributed by atoms with Crippen LogP contribution in [0.3, 0.4) is 0 Å². The van der Waals surface area contributed by atoms with Crippen molar-refractivity contribution in [2.45, 2.75) is 33.1 Å². The van der Waals surface area contributed by atoms with E-state index in [9.17, 15) is 9.90 Å². The Kier molecular flexibility index (Phi) is 3.16. The van der Waals surface area contributed by atoms with Crippen LogP contribution in [0.25, 0.3) is 0 Å². The highest BCUT2D eigenvalue weighted by Crippen LogP contribution is 2.65. The minimum Gasteiger partial charge on any atom is -0.481 e. The summed E-state index contributed by atoms with van der Waals surface area (Å²) >= 11 is 0. The third kappa shape index (κ3) is 2.48. The van der Waals surface area contributed by atoms with Crippen LogP contribution >= 0.6 is 0 Å². The van der Waals surface area contributed by atoms with E-state index in [0.29, 0.717) is 6.42 Å². The average Bonchev–Trinajstić information content (AvgIpc) is 2.78. The van der Waals surface area contributed by atoms with Crippen LogP contribution in [0.4, 0.5) is 0 Å². The molecule has 0 aliphatic heterocycles. The van der Waals surface area contributed by atoms with Crippen molar-refractivity contribution in [1.82, 2.24) is 0 Å². The van der Waals surface area contributed by atoms with Gasteiger partial charge >= 0.3 is 5.97 Å². The molecule has 1 N–H and O–H groups in total. The molecule has 0 spiro atoms. The molecule has 1 unspecified atom stereocenters. The van der Waals surface area contributed by atoms with Gasteiger partial charge in [0.05, 0.1) is 11.7 Å². The van der Waals surface area contributed by atoms with Crippen LogP contribution in [0.15, 0.2) is 47.1 Å². The Morgan fingerprint density at radius 2 is 1.90 bits per heavy atom. The van der Waals surface area contributed by atoms with Crippen LogP contribution in [0.1, 0.15) is 37.2 Å². The highest BCUT2D eigenvalue weighted by Gasteiger charge is 2.66. The monoisotopic (exact) mass is 284 g/mol. The molecule has 21 heavy (non-hydrogen) atoms. The normalized spacial score (nSPS) is 23.0. The second kappa shape index (κ2) is 4.76. The Labute approximate surface area is 124 Å². The average molecular weight is 284 g/mol. The van der Waals surface area contributed by atoms with Crippen LogP contribution < -0.4 is 0 Å². The van der Waals surface area contributed by atoms with E-state index in [-0.39, 0.29) is 5.41 Å². The summed E-state index contributed by atoms with van der Waals surface area (Å²) in [6, 6.07) is 12.1. The lowest BCUT2D eigenvalue weighted by atomic mass is 9.89. The SMILES string of the molecule is CC1(C)CC1(Cc1coc(Cc2ccccc2)c1)C(=O)O. The number of carboxylic acid groups (broad SMARTS) is 1. The van der Waals surface area contributed by atoms with Crippen LogP contribution in [0.2, 0.25) is 0 Å². The molecule has 0 saturated heterocycles. The Morgan fingerprint density at radius 3 is 2.48 bits per heavy atom. The third-order valence-electron chi connectivity index (χ3n) is 4.76. The molecule has 1 aromatic heterocycles. The molecule has 0 radical (unpaired) electrons. The zero-order chi connectivity index (χ0) is 15.1. The molecule has 1 heterocycles. The lowest BCUT2D eigenvalue weighted by Gasteiger charge is -2.14. The highest BCUT2D eigenvalue weighted by atomic mass is 16.4. The van der Waals surface area contributed by atoms with E-state index in [2.05, 4.69) is 12.1 Å². The second-order valence-electron chi connectivity index (χ2n) is 6.71. The van der Waals surface area contributed by atoms with Crippen molar-refractivity contribution in [1.29, 1.82) is 0 Å². The number of benzene rings is 1. The van der Waals surface area contributed by atoms with E-state index < -0.39 is 11.4 Å². The maximum Gasteiger partial charge on any atom is 0.310 e. The minimum absolute atomic E-state index is 0.129. The van der Waals surface area contributed by atoms with Crippen molar-refractivity contribution in [2.24, 2.45) is 10.8 Å². The van der Waals surface area contributed by atoms with Crippen LogP contribution in [-0.2, 0) is 17.6 Å². The molecular formula is C18H20O3. The molecule has 110 valence electrons. The summed E-state index contributed by atoms with van der Waals surface area (Å²) in [5.41, 5.74) is 1.42. The number of carboxylic acids is 1. The molecule has 1 aliphatic rings. The van der Waals surface area contributed by atoms with Crippen LogP contribution in [-0.4, -0.2) is 11.1 Å². The first kappa shape index (κ1) is 13.9. The maximum atomic E-state index is 11.6. The fourth-order valence-electron chi connectivity index (χ4n) is 3.21. The Bertz CT molecular complexity index is 654. The Morgan fingerprint density at radius 1 is 1.24 bits per heavy atom. The van der Waals surface area contributed by atoms with Crippen molar-refractivity contribution in [3.05, 3.63) is 59.5 Å². The molecule has 0 amide bonds. The van der Waals surface area contributed by atoms with Crippen molar-refractivity contribution in [3.63, 3.8) is 0 Å². The standard InChI is InChI=1S/C18H20O3/c1-17(2)12-18(17,16(19)20)10-14-9-15(21-11-14)8-13-6-4-3-5-7-13/h3-7,9,11H,8,10,12H2,1-2H3,(H,19,20). The number of hydrogen-bond donors (Lipinski definition) is 1. The van der Waals surface area contributed by atoms with Gasteiger partial charge in [-0.2, -0.15) is 0 Å². The predicted molar refractivity (Wildman–Crippen MR) is 80.1 cm³/mol. The van der Waals surface area contributed by atoms with Gasteiger partial charge in [-0.25, -0.2) is 0 Å². The van der Waals surface area contributed by atoms with Gasteiger partial charge in [-0.15, -0.1) is 0 Å². The summed E-state index contributed by atoms with van der Waals surface area (Å²) in [6.07, 6.45) is 3.73. The molecule has 0 bridgehead atoms. The zero-order valence-electron chi connectivity index (χ0n) is 12.4.